The molecule has 0 aliphatic carbocycles. The van der Waals surface area contributed by atoms with Crippen LogP contribution in [-0.4, -0.2) is 30.6 Å². The zero-order chi connectivity index (χ0) is 18.4. The number of aromatic nitrogens is 1. The molecule has 0 aliphatic rings. The highest BCUT2D eigenvalue weighted by Crippen LogP contribution is 2.18. The quantitative estimate of drug-likeness (QED) is 0.641. The number of amides is 1. The van der Waals surface area contributed by atoms with Crippen LogP contribution in [0, 0.1) is 0 Å². The first-order chi connectivity index (χ1) is 12.7. The molecular weight excluding hydrogens is 332 g/mol. The van der Waals surface area contributed by atoms with Crippen molar-refractivity contribution in [2.75, 3.05) is 13.7 Å². The molecule has 0 saturated carbocycles. The van der Waals surface area contributed by atoms with E-state index in [0.29, 0.717) is 6.54 Å². The van der Waals surface area contributed by atoms with Crippen LogP contribution in [0.15, 0.2) is 54.7 Å². The summed E-state index contributed by atoms with van der Waals surface area (Å²) in [5.41, 5.74) is 2.75. The van der Waals surface area contributed by atoms with Gasteiger partial charge in [0.05, 0.1) is 13.5 Å². The molecule has 1 heterocycles. The Morgan fingerprint density at radius 3 is 2.62 bits per heavy atom. The second-order valence-electron chi connectivity index (χ2n) is 5.82. The Bertz CT molecular complexity index is 900. The van der Waals surface area contributed by atoms with E-state index < -0.39 is 5.97 Å². The Morgan fingerprint density at radius 2 is 1.85 bits per heavy atom. The molecule has 0 radical (unpaired) electrons. The molecular formula is C20H20N2O4. The smallest absolute Gasteiger partial charge is 0.310 e. The third kappa shape index (κ3) is 4.42. The topological polar surface area (TPSA) is 80.4 Å². The van der Waals surface area contributed by atoms with Crippen LogP contribution in [0.25, 0.3) is 10.9 Å². The second kappa shape index (κ2) is 8.20. The van der Waals surface area contributed by atoms with Gasteiger partial charge in [-0.1, -0.05) is 30.3 Å². The fourth-order valence-corrected chi connectivity index (χ4v) is 2.63. The molecule has 0 fully saturated rings. The minimum atomic E-state index is -0.436. The molecule has 1 amide bonds. The summed E-state index contributed by atoms with van der Waals surface area (Å²) in [5, 5.41) is 3.70. The van der Waals surface area contributed by atoms with E-state index in [2.05, 4.69) is 10.3 Å². The van der Waals surface area contributed by atoms with E-state index in [9.17, 15) is 9.59 Å². The molecule has 2 N–H and O–H groups in total. The van der Waals surface area contributed by atoms with E-state index in [1.54, 1.807) is 13.3 Å². The van der Waals surface area contributed by atoms with Gasteiger partial charge in [-0.25, -0.2) is 0 Å². The fourth-order valence-electron chi connectivity index (χ4n) is 2.63. The first kappa shape index (κ1) is 17.5. The Balaban J connectivity index is 1.44. The molecule has 2 aromatic carbocycles. The highest BCUT2D eigenvalue weighted by molar-refractivity contribution is 5.88. The van der Waals surface area contributed by atoms with Crippen molar-refractivity contribution in [2.45, 2.75) is 13.0 Å². The van der Waals surface area contributed by atoms with Crippen LogP contribution >= 0.6 is 0 Å². The minimum absolute atomic E-state index is 0.121. The number of para-hydroxylation sites is 1. The van der Waals surface area contributed by atoms with Gasteiger partial charge in [0, 0.05) is 23.6 Å². The van der Waals surface area contributed by atoms with E-state index >= 15 is 0 Å². The Hall–Kier alpha value is -3.28. The summed E-state index contributed by atoms with van der Waals surface area (Å²) in [7, 11) is 1.60. The molecule has 6 heteroatoms. The summed E-state index contributed by atoms with van der Waals surface area (Å²) in [6, 6.07) is 15.1. The van der Waals surface area contributed by atoms with Gasteiger partial charge in [0.2, 0.25) is 0 Å². The molecule has 26 heavy (non-hydrogen) atoms. The highest BCUT2D eigenvalue weighted by atomic mass is 16.5. The van der Waals surface area contributed by atoms with Gasteiger partial charge in [-0.3, -0.25) is 9.59 Å². The zero-order valence-electron chi connectivity index (χ0n) is 14.5. The molecule has 0 atom stereocenters. The molecule has 134 valence electrons. The van der Waals surface area contributed by atoms with Crippen molar-refractivity contribution in [3.63, 3.8) is 0 Å². The predicted molar refractivity (Wildman–Crippen MR) is 97.8 cm³/mol. The molecule has 0 aliphatic heterocycles. The van der Waals surface area contributed by atoms with Crippen molar-refractivity contribution in [2.24, 2.45) is 0 Å². The van der Waals surface area contributed by atoms with Crippen LogP contribution in [-0.2, 0) is 27.3 Å². The van der Waals surface area contributed by atoms with Gasteiger partial charge in [0.25, 0.3) is 5.91 Å². The van der Waals surface area contributed by atoms with Crippen molar-refractivity contribution in [1.82, 2.24) is 10.3 Å². The molecule has 0 unspecified atom stereocenters. The summed E-state index contributed by atoms with van der Waals surface area (Å²) in [6.07, 6.45) is 1.91. The third-order valence-corrected chi connectivity index (χ3v) is 4.02. The Kier molecular flexibility index (Phi) is 5.53. The van der Waals surface area contributed by atoms with Gasteiger partial charge in [-0.05, 0) is 29.3 Å². The number of hydrogen-bond donors (Lipinski definition) is 2. The van der Waals surface area contributed by atoms with Gasteiger partial charge in [-0.15, -0.1) is 0 Å². The summed E-state index contributed by atoms with van der Waals surface area (Å²) >= 11 is 0. The van der Waals surface area contributed by atoms with E-state index in [1.807, 2.05) is 48.5 Å². The number of aromatic amines is 1. The van der Waals surface area contributed by atoms with Crippen LogP contribution in [0.4, 0.5) is 0 Å². The van der Waals surface area contributed by atoms with E-state index in [4.69, 9.17) is 9.47 Å². The van der Waals surface area contributed by atoms with Gasteiger partial charge < -0.3 is 19.8 Å². The predicted octanol–water partition coefficient (Wildman–Crippen LogP) is 2.58. The number of rotatable bonds is 7. The number of carbonyl (C=O) groups excluding carboxylic acids is 2. The number of methoxy groups -OCH3 is 1. The summed E-state index contributed by atoms with van der Waals surface area (Å²) in [4.78, 5) is 26.9. The van der Waals surface area contributed by atoms with E-state index in [-0.39, 0.29) is 18.9 Å². The molecule has 3 rings (SSSR count). The first-order valence-corrected chi connectivity index (χ1v) is 8.26. The number of hydrogen-bond acceptors (Lipinski definition) is 4. The molecule has 3 aromatic rings. The van der Waals surface area contributed by atoms with E-state index in [1.165, 1.54) is 0 Å². The lowest BCUT2D eigenvalue weighted by molar-refractivity contribution is -0.147. The van der Waals surface area contributed by atoms with Crippen LogP contribution in [0.3, 0.4) is 0 Å². The highest BCUT2D eigenvalue weighted by Gasteiger charge is 2.11. The number of benzene rings is 2. The lowest BCUT2D eigenvalue weighted by Gasteiger charge is -2.07. The standard InChI is InChI=1S/C20H20N2O4/c1-25-16-8-6-14(7-9-16)11-22-19(23)13-26-20(24)10-15-12-21-18-5-3-2-4-17(15)18/h2-9,12,21H,10-11,13H2,1H3,(H,22,23). The molecule has 0 saturated heterocycles. The van der Waals surface area contributed by atoms with Crippen LogP contribution < -0.4 is 10.1 Å². The van der Waals surface area contributed by atoms with Crippen molar-refractivity contribution >= 4 is 22.8 Å². The van der Waals surface area contributed by atoms with Crippen molar-refractivity contribution in [1.29, 1.82) is 0 Å². The average Bonchev–Trinajstić information content (AvgIpc) is 3.08. The molecule has 6 nitrogen and oxygen atoms in total. The second-order valence-corrected chi connectivity index (χ2v) is 5.82. The third-order valence-electron chi connectivity index (χ3n) is 4.02. The van der Waals surface area contributed by atoms with Crippen molar-refractivity contribution in [3.05, 3.63) is 65.9 Å². The van der Waals surface area contributed by atoms with Gasteiger partial charge in [0.15, 0.2) is 6.61 Å². The minimum Gasteiger partial charge on any atom is -0.497 e. The Labute approximate surface area is 151 Å². The summed E-state index contributed by atoms with van der Waals surface area (Å²) in [5.74, 6) is -0.0197. The van der Waals surface area contributed by atoms with Crippen LogP contribution in [0.5, 0.6) is 5.75 Å². The van der Waals surface area contributed by atoms with Crippen LogP contribution in [0.2, 0.25) is 0 Å². The summed E-state index contributed by atoms with van der Waals surface area (Å²) < 4.78 is 10.1. The zero-order valence-corrected chi connectivity index (χ0v) is 14.5. The molecule has 1 aromatic heterocycles. The maximum Gasteiger partial charge on any atom is 0.310 e. The van der Waals surface area contributed by atoms with Gasteiger partial charge >= 0.3 is 5.97 Å². The number of esters is 1. The number of ether oxygens (including phenoxy) is 2. The number of H-pyrrole nitrogens is 1. The molecule has 0 spiro atoms. The SMILES string of the molecule is COc1ccc(CNC(=O)COC(=O)Cc2c[nH]c3ccccc23)cc1. The maximum absolute atomic E-state index is 12.0. The number of nitrogens with one attached hydrogen (secondary N) is 2. The van der Waals surface area contributed by atoms with Gasteiger partial charge in [0.1, 0.15) is 5.75 Å². The van der Waals surface area contributed by atoms with Crippen LogP contribution in [0.1, 0.15) is 11.1 Å². The first-order valence-electron chi connectivity index (χ1n) is 8.26. The monoisotopic (exact) mass is 352 g/mol. The lowest BCUT2D eigenvalue weighted by Crippen LogP contribution is -2.28. The fraction of sp³-hybridized carbons (Fsp3) is 0.200. The van der Waals surface area contributed by atoms with Crippen molar-refractivity contribution in [3.8, 4) is 5.75 Å². The maximum atomic E-state index is 12.0. The van der Waals surface area contributed by atoms with Gasteiger partial charge in [-0.2, -0.15) is 0 Å². The normalized spacial score (nSPS) is 10.5. The number of fused-ring (bicyclic) bond motifs is 1. The average molecular weight is 352 g/mol. The van der Waals surface area contributed by atoms with E-state index in [0.717, 1.165) is 27.8 Å². The lowest BCUT2D eigenvalue weighted by atomic mass is 10.1. The van der Waals surface area contributed by atoms with Crippen molar-refractivity contribution < 1.29 is 19.1 Å². The largest absolute Gasteiger partial charge is 0.497 e. The summed E-state index contributed by atoms with van der Waals surface area (Å²) in [6.45, 7) is 0.0696. The molecule has 0 bridgehead atoms. The number of carbonyl (C=O) groups is 2. The Morgan fingerprint density at radius 1 is 1.08 bits per heavy atom.